The van der Waals surface area contributed by atoms with Crippen LogP contribution in [0.4, 0.5) is 13.2 Å². The van der Waals surface area contributed by atoms with E-state index >= 15 is 0 Å². The number of hydrogen-bond donors (Lipinski definition) is 2. The highest BCUT2D eigenvalue weighted by Crippen LogP contribution is 2.14. The van der Waals surface area contributed by atoms with E-state index in [9.17, 15) is 27.9 Å². The van der Waals surface area contributed by atoms with Gasteiger partial charge in [0.15, 0.2) is 12.7 Å². The molecule has 0 bridgehead atoms. The van der Waals surface area contributed by atoms with E-state index in [0.29, 0.717) is 0 Å². The van der Waals surface area contributed by atoms with Crippen molar-refractivity contribution < 1.29 is 32.6 Å². The molecule has 1 amide bonds. The molecule has 0 radical (unpaired) electrons. The van der Waals surface area contributed by atoms with Gasteiger partial charge in [-0.15, -0.1) is 0 Å². The van der Waals surface area contributed by atoms with Crippen LogP contribution < -0.4 is 5.32 Å². The Morgan fingerprint density at radius 3 is 2.40 bits per heavy atom. The molecule has 0 aliphatic heterocycles. The summed E-state index contributed by atoms with van der Waals surface area (Å²) in [6.07, 6.45) is -6.13. The molecule has 0 aliphatic rings. The molecule has 5 nitrogen and oxygen atoms in total. The Bertz CT molecular complexity index is 462. The summed E-state index contributed by atoms with van der Waals surface area (Å²) in [5, 5.41) is 11.1. The number of hydrogen-bond acceptors (Lipinski definition) is 4. The van der Waals surface area contributed by atoms with Gasteiger partial charge in [0.2, 0.25) is 0 Å². The van der Waals surface area contributed by atoms with Gasteiger partial charge in [-0.1, -0.05) is 30.3 Å². The molecule has 0 aliphatic carbocycles. The molecule has 1 aromatic rings. The maximum absolute atomic E-state index is 11.8. The summed E-state index contributed by atoms with van der Waals surface area (Å²) in [6, 6.07) is 7.78. The molecule has 0 heterocycles. The Balaban J connectivity index is 2.38. The summed E-state index contributed by atoms with van der Waals surface area (Å²) < 4.78 is 39.8. The quantitative estimate of drug-likeness (QED) is 0.792. The number of rotatable bonds is 5. The lowest BCUT2D eigenvalue weighted by molar-refractivity contribution is -0.158. The Hall–Kier alpha value is -2.09. The predicted octanol–water partition coefficient (Wildman–Crippen LogP) is 0.942. The van der Waals surface area contributed by atoms with Gasteiger partial charge in [-0.05, 0) is 5.56 Å². The SMILES string of the molecule is O=C(COC(=O)[C@@H](O)c1ccccc1)NCC(F)(F)F. The van der Waals surface area contributed by atoms with Crippen molar-refractivity contribution in [2.45, 2.75) is 12.3 Å². The van der Waals surface area contributed by atoms with Gasteiger partial charge >= 0.3 is 12.1 Å². The fourth-order valence-electron chi connectivity index (χ4n) is 1.24. The predicted molar refractivity (Wildman–Crippen MR) is 61.4 cm³/mol. The van der Waals surface area contributed by atoms with Gasteiger partial charge in [0.05, 0.1) is 0 Å². The number of amides is 1. The first-order chi connectivity index (χ1) is 9.29. The van der Waals surface area contributed by atoms with Crippen LogP contribution in [0.1, 0.15) is 11.7 Å². The highest BCUT2D eigenvalue weighted by Gasteiger charge is 2.28. The smallest absolute Gasteiger partial charge is 0.405 e. The monoisotopic (exact) mass is 291 g/mol. The molecule has 0 unspecified atom stereocenters. The first kappa shape index (κ1) is 16.0. The third-order valence-corrected chi connectivity index (χ3v) is 2.17. The van der Waals surface area contributed by atoms with Crippen LogP contribution in [0.15, 0.2) is 30.3 Å². The lowest BCUT2D eigenvalue weighted by Gasteiger charge is -2.11. The number of aliphatic hydroxyl groups is 1. The van der Waals surface area contributed by atoms with Crippen molar-refractivity contribution in [2.75, 3.05) is 13.2 Å². The van der Waals surface area contributed by atoms with Gasteiger partial charge in [0.25, 0.3) is 5.91 Å². The minimum Gasteiger partial charge on any atom is -0.453 e. The Kier molecular flexibility index (Phi) is 5.51. The molecule has 0 spiro atoms. The summed E-state index contributed by atoms with van der Waals surface area (Å²) in [7, 11) is 0. The van der Waals surface area contributed by atoms with Crippen molar-refractivity contribution >= 4 is 11.9 Å². The maximum Gasteiger partial charge on any atom is 0.405 e. The molecule has 0 saturated heterocycles. The van der Waals surface area contributed by atoms with Gasteiger partial charge in [-0.25, -0.2) is 4.79 Å². The number of carbonyl (C=O) groups is 2. The summed E-state index contributed by atoms with van der Waals surface area (Å²) in [4.78, 5) is 22.4. The second kappa shape index (κ2) is 6.90. The van der Waals surface area contributed by atoms with Crippen LogP contribution in [0.25, 0.3) is 0 Å². The topological polar surface area (TPSA) is 75.6 Å². The largest absolute Gasteiger partial charge is 0.453 e. The molecule has 0 aromatic heterocycles. The molecular formula is C12H12F3NO4. The van der Waals surface area contributed by atoms with Crippen LogP contribution in [0.2, 0.25) is 0 Å². The van der Waals surface area contributed by atoms with Crippen molar-refractivity contribution in [3.05, 3.63) is 35.9 Å². The van der Waals surface area contributed by atoms with E-state index in [-0.39, 0.29) is 5.56 Å². The molecule has 0 fully saturated rings. The summed E-state index contributed by atoms with van der Waals surface area (Å²) >= 11 is 0. The minimum absolute atomic E-state index is 0.258. The molecule has 1 aromatic carbocycles. The van der Waals surface area contributed by atoms with Gasteiger partial charge < -0.3 is 15.2 Å². The van der Waals surface area contributed by atoms with E-state index < -0.39 is 37.3 Å². The number of alkyl halides is 3. The van der Waals surface area contributed by atoms with Crippen LogP contribution in [0.5, 0.6) is 0 Å². The van der Waals surface area contributed by atoms with Crippen molar-refractivity contribution in [2.24, 2.45) is 0 Å². The first-order valence-corrected chi connectivity index (χ1v) is 5.52. The number of halogens is 3. The number of ether oxygens (including phenoxy) is 1. The minimum atomic E-state index is -4.54. The lowest BCUT2D eigenvalue weighted by Crippen LogP contribution is -2.36. The van der Waals surface area contributed by atoms with Crippen molar-refractivity contribution in [1.29, 1.82) is 0 Å². The molecule has 2 N–H and O–H groups in total. The zero-order valence-electron chi connectivity index (χ0n) is 10.2. The lowest BCUT2D eigenvalue weighted by atomic mass is 10.1. The molecule has 1 rings (SSSR count). The second-order valence-corrected chi connectivity index (χ2v) is 3.81. The van der Waals surface area contributed by atoms with Crippen molar-refractivity contribution in [1.82, 2.24) is 5.32 Å². The van der Waals surface area contributed by atoms with E-state index in [1.165, 1.54) is 17.4 Å². The van der Waals surface area contributed by atoms with Crippen LogP contribution in [0, 0.1) is 0 Å². The summed E-state index contributed by atoms with van der Waals surface area (Å²) in [6.45, 7) is -2.40. The summed E-state index contributed by atoms with van der Waals surface area (Å²) in [5.41, 5.74) is 0.258. The molecular weight excluding hydrogens is 279 g/mol. The number of esters is 1. The Morgan fingerprint density at radius 2 is 1.85 bits per heavy atom. The van der Waals surface area contributed by atoms with Crippen LogP contribution in [0.3, 0.4) is 0 Å². The van der Waals surface area contributed by atoms with Gasteiger partial charge in [0.1, 0.15) is 6.54 Å². The highest BCUT2D eigenvalue weighted by molar-refractivity contribution is 5.82. The zero-order valence-corrected chi connectivity index (χ0v) is 10.2. The standard InChI is InChI=1S/C12H12F3NO4/c13-12(14,15)7-16-9(17)6-20-11(19)10(18)8-4-2-1-3-5-8/h1-5,10,18H,6-7H2,(H,16,17)/t10-/m0/s1. The number of carbonyl (C=O) groups excluding carboxylic acids is 2. The van der Waals surface area contributed by atoms with E-state index in [2.05, 4.69) is 4.74 Å². The number of aliphatic hydroxyl groups excluding tert-OH is 1. The highest BCUT2D eigenvalue weighted by atomic mass is 19.4. The fourth-order valence-corrected chi connectivity index (χ4v) is 1.24. The Labute approximate surface area is 112 Å². The molecule has 20 heavy (non-hydrogen) atoms. The van der Waals surface area contributed by atoms with Crippen LogP contribution >= 0.6 is 0 Å². The van der Waals surface area contributed by atoms with Crippen LogP contribution in [-0.4, -0.2) is 36.3 Å². The normalized spacial score (nSPS) is 12.6. The van der Waals surface area contributed by atoms with Gasteiger partial charge in [-0.3, -0.25) is 4.79 Å². The summed E-state index contributed by atoms with van der Waals surface area (Å²) in [5.74, 6) is -2.21. The molecule has 0 saturated carbocycles. The van der Waals surface area contributed by atoms with E-state index in [1.807, 2.05) is 0 Å². The Morgan fingerprint density at radius 1 is 1.25 bits per heavy atom. The number of benzene rings is 1. The fraction of sp³-hybridized carbons (Fsp3) is 0.333. The van der Waals surface area contributed by atoms with Crippen molar-refractivity contribution in [3.8, 4) is 0 Å². The van der Waals surface area contributed by atoms with Crippen LogP contribution in [-0.2, 0) is 14.3 Å². The van der Waals surface area contributed by atoms with Gasteiger partial charge in [-0.2, -0.15) is 13.2 Å². The maximum atomic E-state index is 11.8. The third-order valence-electron chi connectivity index (χ3n) is 2.17. The molecule has 110 valence electrons. The molecule has 1 atom stereocenters. The third kappa shape index (κ3) is 5.70. The molecule has 8 heteroatoms. The zero-order chi connectivity index (χ0) is 15.2. The number of nitrogens with one attached hydrogen (secondary N) is 1. The average molecular weight is 291 g/mol. The average Bonchev–Trinajstić information content (AvgIpc) is 2.41. The van der Waals surface area contributed by atoms with E-state index in [4.69, 9.17) is 0 Å². The first-order valence-electron chi connectivity index (χ1n) is 5.52. The van der Waals surface area contributed by atoms with Gasteiger partial charge in [0, 0.05) is 0 Å². The van der Waals surface area contributed by atoms with E-state index in [1.54, 1.807) is 18.2 Å². The van der Waals surface area contributed by atoms with Crippen molar-refractivity contribution in [3.63, 3.8) is 0 Å². The van der Waals surface area contributed by atoms with E-state index in [0.717, 1.165) is 0 Å². The second-order valence-electron chi connectivity index (χ2n) is 3.81.